The molecule has 2 rings (SSSR count). The van der Waals surface area contributed by atoms with Crippen LogP contribution in [-0.4, -0.2) is 10.9 Å². The van der Waals surface area contributed by atoms with Crippen molar-refractivity contribution in [2.45, 2.75) is 6.92 Å². The Bertz CT molecular complexity index is 578. The van der Waals surface area contributed by atoms with E-state index in [1.54, 1.807) is 37.3 Å². The molecule has 0 fully saturated rings. The Morgan fingerprint density at radius 2 is 2.06 bits per heavy atom. The van der Waals surface area contributed by atoms with Crippen molar-refractivity contribution in [1.82, 2.24) is 4.98 Å². The molecule has 0 radical (unpaired) electrons. The van der Waals surface area contributed by atoms with Gasteiger partial charge in [-0.25, -0.2) is 4.98 Å². The van der Waals surface area contributed by atoms with E-state index in [1.807, 2.05) is 0 Å². The Kier molecular flexibility index (Phi) is 3.48. The van der Waals surface area contributed by atoms with Gasteiger partial charge >= 0.3 is 0 Å². The summed E-state index contributed by atoms with van der Waals surface area (Å²) in [7, 11) is 0. The van der Waals surface area contributed by atoms with Crippen LogP contribution in [0.5, 0.6) is 0 Å². The number of pyridine rings is 1. The summed E-state index contributed by atoms with van der Waals surface area (Å²) in [6, 6.07) is 10.2. The molecule has 0 bridgehead atoms. The molecule has 92 valence electrons. The van der Waals surface area contributed by atoms with E-state index in [9.17, 15) is 4.79 Å². The van der Waals surface area contributed by atoms with Crippen LogP contribution in [-0.2, 0) is 0 Å². The van der Waals surface area contributed by atoms with Crippen LogP contribution in [0.2, 0.25) is 5.02 Å². The van der Waals surface area contributed by atoms with E-state index in [-0.39, 0.29) is 5.91 Å². The summed E-state index contributed by atoms with van der Waals surface area (Å²) in [5.74, 6) is 0.0552. The van der Waals surface area contributed by atoms with Crippen molar-refractivity contribution in [3.05, 3.63) is 52.7 Å². The minimum absolute atomic E-state index is 0.264. The summed E-state index contributed by atoms with van der Waals surface area (Å²) in [6.07, 6.45) is 0. The van der Waals surface area contributed by atoms with Crippen molar-refractivity contribution in [2.24, 2.45) is 0 Å². The number of nitrogens with one attached hydrogen (secondary N) is 1. The first-order valence-electron chi connectivity index (χ1n) is 5.36. The van der Waals surface area contributed by atoms with Gasteiger partial charge in [0.15, 0.2) is 0 Å². The second-order valence-electron chi connectivity index (χ2n) is 3.86. The summed E-state index contributed by atoms with van der Waals surface area (Å²) < 4.78 is 0. The van der Waals surface area contributed by atoms with Crippen LogP contribution in [0.25, 0.3) is 0 Å². The highest BCUT2D eigenvalue weighted by Crippen LogP contribution is 2.21. The van der Waals surface area contributed by atoms with Crippen molar-refractivity contribution in [2.75, 3.05) is 11.1 Å². The van der Waals surface area contributed by atoms with E-state index < -0.39 is 0 Å². The number of carbonyl (C=O) groups is 1. The second-order valence-corrected chi connectivity index (χ2v) is 4.26. The molecule has 1 aromatic carbocycles. The first-order valence-corrected chi connectivity index (χ1v) is 5.74. The van der Waals surface area contributed by atoms with Gasteiger partial charge in [-0.1, -0.05) is 23.7 Å². The molecule has 0 aliphatic rings. The molecule has 0 saturated carbocycles. The summed E-state index contributed by atoms with van der Waals surface area (Å²) in [6.45, 7) is 1.78. The Labute approximate surface area is 110 Å². The van der Waals surface area contributed by atoms with E-state index >= 15 is 0 Å². The number of aromatic nitrogens is 1. The quantitative estimate of drug-likeness (QED) is 0.873. The molecule has 1 aromatic heterocycles. The van der Waals surface area contributed by atoms with Gasteiger partial charge in [-0.2, -0.15) is 0 Å². The molecule has 0 spiro atoms. The third kappa shape index (κ3) is 2.78. The molecule has 3 N–H and O–H groups in total. The average Bonchev–Trinajstić information content (AvgIpc) is 2.31. The van der Waals surface area contributed by atoms with Crippen molar-refractivity contribution in [3.8, 4) is 0 Å². The number of nitrogen functional groups attached to an aromatic ring is 1. The van der Waals surface area contributed by atoms with Crippen molar-refractivity contribution >= 4 is 29.0 Å². The zero-order valence-electron chi connectivity index (χ0n) is 9.77. The number of rotatable bonds is 2. The third-order valence-electron chi connectivity index (χ3n) is 2.36. The molecule has 4 nitrogen and oxygen atoms in total. The molecule has 2 aromatic rings. The second kappa shape index (κ2) is 5.06. The van der Waals surface area contributed by atoms with Gasteiger partial charge in [-0.3, -0.25) is 4.79 Å². The lowest BCUT2D eigenvalue weighted by atomic mass is 10.2. The number of aryl methyl sites for hydroxylation is 1. The topological polar surface area (TPSA) is 68.0 Å². The number of para-hydroxylation sites is 1. The monoisotopic (exact) mass is 261 g/mol. The molecule has 0 aliphatic carbocycles. The molecule has 5 heteroatoms. The highest BCUT2D eigenvalue weighted by molar-refractivity contribution is 6.33. The largest absolute Gasteiger partial charge is 0.384 e. The zero-order valence-corrected chi connectivity index (χ0v) is 10.5. The van der Waals surface area contributed by atoms with Gasteiger partial charge in [0, 0.05) is 11.3 Å². The molecule has 1 heterocycles. The summed E-state index contributed by atoms with van der Waals surface area (Å²) in [5, 5.41) is 3.22. The van der Waals surface area contributed by atoms with Crippen LogP contribution >= 0.6 is 11.6 Å². The van der Waals surface area contributed by atoms with Gasteiger partial charge in [-0.15, -0.1) is 0 Å². The third-order valence-corrected chi connectivity index (χ3v) is 2.69. The number of halogens is 1. The molecular weight excluding hydrogens is 250 g/mol. The molecule has 18 heavy (non-hydrogen) atoms. The fourth-order valence-electron chi connectivity index (χ4n) is 1.58. The Balaban J connectivity index is 2.25. The lowest BCUT2D eigenvalue weighted by Gasteiger charge is -2.07. The number of hydrogen-bond donors (Lipinski definition) is 2. The first kappa shape index (κ1) is 12.4. The molecule has 1 amide bonds. The molecular formula is C13H12ClN3O. The maximum Gasteiger partial charge on any atom is 0.255 e. The van der Waals surface area contributed by atoms with E-state index in [4.69, 9.17) is 17.3 Å². The van der Waals surface area contributed by atoms with Crippen LogP contribution < -0.4 is 11.1 Å². The van der Waals surface area contributed by atoms with Crippen molar-refractivity contribution < 1.29 is 4.79 Å². The lowest BCUT2D eigenvalue weighted by Crippen LogP contribution is -2.13. The number of nitrogens with zero attached hydrogens (tertiary/aromatic N) is 1. The van der Waals surface area contributed by atoms with Crippen LogP contribution in [0.15, 0.2) is 36.4 Å². The van der Waals surface area contributed by atoms with Crippen LogP contribution in [0.4, 0.5) is 11.5 Å². The molecule has 0 aliphatic heterocycles. The normalized spacial score (nSPS) is 10.1. The number of anilines is 2. The summed E-state index contributed by atoms with van der Waals surface area (Å²) >= 11 is 5.97. The standard InChI is InChI=1S/C13H12ClN3O/c1-8-6-9(7-12(15)16-8)13(18)17-11-5-3-2-4-10(11)14/h2-7H,1H3,(H2,15,16)(H,17,18). The highest BCUT2D eigenvalue weighted by atomic mass is 35.5. The Morgan fingerprint density at radius 3 is 2.72 bits per heavy atom. The average molecular weight is 262 g/mol. The smallest absolute Gasteiger partial charge is 0.255 e. The van der Waals surface area contributed by atoms with Crippen LogP contribution in [0.3, 0.4) is 0 Å². The minimum atomic E-state index is -0.264. The number of nitrogens with two attached hydrogens (primary N) is 1. The van der Waals surface area contributed by atoms with E-state index in [0.717, 1.165) is 0 Å². The predicted octanol–water partition coefficient (Wildman–Crippen LogP) is 2.88. The fraction of sp³-hybridized carbons (Fsp3) is 0.0769. The van der Waals surface area contributed by atoms with E-state index in [0.29, 0.717) is 27.8 Å². The maximum atomic E-state index is 12.0. The highest BCUT2D eigenvalue weighted by Gasteiger charge is 2.09. The predicted molar refractivity (Wildman–Crippen MR) is 72.8 cm³/mol. The number of benzene rings is 1. The molecule has 0 atom stereocenters. The minimum Gasteiger partial charge on any atom is -0.384 e. The van der Waals surface area contributed by atoms with Crippen LogP contribution in [0.1, 0.15) is 16.1 Å². The fourth-order valence-corrected chi connectivity index (χ4v) is 1.77. The van der Waals surface area contributed by atoms with E-state index in [2.05, 4.69) is 10.3 Å². The van der Waals surface area contributed by atoms with Crippen LogP contribution in [0, 0.1) is 6.92 Å². The van der Waals surface area contributed by atoms with Gasteiger partial charge < -0.3 is 11.1 Å². The van der Waals surface area contributed by atoms with Gasteiger partial charge in [-0.05, 0) is 31.2 Å². The Hall–Kier alpha value is -2.07. The van der Waals surface area contributed by atoms with Crippen molar-refractivity contribution in [1.29, 1.82) is 0 Å². The maximum absolute atomic E-state index is 12.0. The van der Waals surface area contributed by atoms with Gasteiger partial charge in [0.05, 0.1) is 10.7 Å². The van der Waals surface area contributed by atoms with Crippen molar-refractivity contribution in [3.63, 3.8) is 0 Å². The Morgan fingerprint density at radius 1 is 1.33 bits per heavy atom. The molecule has 0 saturated heterocycles. The van der Waals surface area contributed by atoms with Gasteiger partial charge in [0.1, 0.15) is 5.82 Å². The number of carbonyl (C=O) groups excluding carboxylic acids is 1. The lowest BCUT2D eigenvalue weighted by molar-refractivity contribution is 0.102. The summed E-state index contributed by atoms with van der Waals surface area (Å²) in [5.41, 5.74) is 7.32. The number of amides is 1. The first-order chi connectivity index (χ1) is 8.56. The SMILES string of the molecule is Cc1cc(C(=O)Nc2ccccc2Cl)cc(N)n1. The van der Waals surface area contributed by atoms with Gasteiger partial charge in [0.25, 0.3) is 5.91 Å². The number of hydrogen-bond acceptors (Lipinski definition) is 3. The van der Waals surface area contributed by atoms with Gasteiger partial charge in [0.2, 0.25) is 0 Å². The summed E-state index contributed by atoms with van der Waals surface area (Å²) in [4.78, 5) is 16.0. The molecule has 0 unspecified atom stereocenters. The zero-order chi connectivity index (χ0) is 13.1. The van der Waals surface area contributed by atoms with E-state index in [1.165, 1.54) is 6.07 Å².